The van der Waals surface area contributed by atoms with Crippen LogP contribution >= 0.6 is 0 Å². The molecule has 3 aromatic carbocycles. The van der Waals surface area contributed by atoms with Crippen molar-refractivity contribution in [2.24, 2.45) is 0 Å². The Labute approximate surface area is 251 Å². The number of carbonyl (C=O) groups excluding carboxylic acids is 2. The summed E-state index contributed by atoms with van der Waals surface area (Å²) in [5, 5.41) is 16.8. The molecule has 0 radical (unpaired) electrons. The second-order valence-electron chi connectivity index (χ2n) is 10.5. The molecule has 1 aliphatic heterocycles. The quantitative estimate of drug-likeness (QED) is 0.288. The van der Waals surface area contributed by atoms with Crippen LogP contribution in [0.4, 0.5) is 5.69 Å². The molecule has 9 nitrogen and oxygen atoms in total. The minimum atomic E-state index is -0.673. The average molecular weight is 585 g/mol. The monoisotopic (exact) mass is 584 g/mol. The van der Waals surface area contributed by atoms with Gasteiger partial charge in [0.2, 0.25) is 0 Å². The van der Waals surface area contributed by atoms with E-state index in [1.807, 2.05) is 32.0 Å². The molecule has 0 unspecified atom stereocenters. The molecule has 2 aliphatic rings. The van der Waals surface area contributed by atoms with Crippen molar-refractivity contribution in [3.8, 4) is 28.7 Å². The maximum absolute atomic E-state index is 14.1. The number of hydrogen-bond acceptors (Lipinski definition) is 8. The summed E-state index contributed by atoms with van der Waals surface area (Å²) in [4.78, 5) is 28.0. The Bertz CT molecular complexity index is 1610. The first-order valence-electron chi connectivity index (χ1n) is 14.1. The molecule has 1 heterocycles. The molecule has 43 heavy (non-hydrogen) atoms. The summed E-state index contributed by atoms with van der Waals surface area (Å²) in [5.41, 5.74) is 4.59. The van der Waals surface area contributed by atoms with Crippen LogP contribution in [0.3, 0.4) is 0 Å². The zero-order chi connectivity index (χ0) is 30.7. The number of rotatable bonds is 9. The van der Waals surface area contributed by atoms with Crippen molar-refractivity contribution in [1.29, 1.82) is 0 Å². The van der Waals surface area contributed by atoms with Gasteiger partial charge in [-0.05, 0) is 85.8 Å². The summed E-state index contributed by atoms with van der Waals surface area (Å²) >= 11 is 0. The molecular formula is C34H36N2O7. The van der Waals surface area contributed by atoms with E-state index in [4.69, 9.17) is 18.9 Å². The third-order valence-electron chi connectivity index (χ3n) is 7.92. The van der Waals surface area contributed by atoms with Crippen LogP contribution in [0, 0.1) is 0 Å². The average Bonchev–Trinajstić information content (AvgIpc) is 3.01. The number of methoxy groups -OCH3 is 3. The van der Waals surface area contributed by atoms with E-state index in [1.54, 1.807) is 57.7 Å². The van der Waals surface area contributed by atoms with Crippen LogP contribution < -0.4 is 29.6 Å². The van der Waals surface area contributed by atoms with E-state index in [0.29, 0.717) is 64.1 Å². The number of phenols is 1. The maximum Gasteiger partial charge on any atom is 0.254 e. The van der Waals surface area contributed by atoms with E-state index < -0.39 is 5.92 Å². The number of allylic oxidation sites excluding steroid dienone is 3. The Morgan fingerprint density at radius 1 is 0.907 bits per heavy atom. The molecule has 5 rings (SSSR count). The Morgan fingerprint density at radius 3 is 2.28 bits per heavy atom. The standard InChI is InChI=1S/C34H36N2O7/c1-6-43-29-18-21(7-13-26(29)37)32-31(34(39)36-23-9-11-24(40-3)12-10-23)19(2)35-25-15-22(16-27(38)33(25)32)20-8-14-28(41-4)30(17-20)42-5/h7-14,17-18,22,32,35,37H,6,15-16H2,1-5H3,(H,36,39)/t22-,32-/m1/s1. The third-order valence-corrected chi connectivity index (χ3v) is 7.92. The Balaban J connectivity index is 1.56. The number of phenolic OH excluding ortho intramolecular Hbond substituents is 1. The summed E-state index contributed by atoms with van der Waals surface area (Å²) in [5.74, 6) is 0.996. The first-order valence-corrected chi connectivity index (χ1v) is 14.1. The van der Waals surface area contributed by atoms with Crippen molar-refractivity contribution in [2.45, 2.75) is 38.5 Å². The van der Waals surface area contributed by atoms with Gasteiger partial charge in [0.25, 0.3) is 5.91 Å². The van der Waals surface area contributed by atoms with Gasteiger partial charge in [-0.3, -0.25) is 9.59 Å². The Hall–Kier alpha value is -4.92. The van der Waals surface area contributed by atoms with E-state index in [2.05, 4.69) is 10.6 Å². The molecule has 9 heteroatoms. The predicted molar refractivity (Wildman–Crippen MR) is 163 cm³/mol. The summed E-state index contributed by atoms with van der Waals surface area (Å²) < 4.78 is 21.8. The van der Waals surface area contributed by atoms with Gasteiger partial charge < -0.3 is 34.7 Å². The van der Waals surface area contributed by atoms with Crippen LogP contribution in [0.1, 0.15) is 49.7 Å². The number of aromatic hydroxyl groups is 1. The van der Waals surface area contributed by atoms with E-state index in [9.17, 15) is 14.7 Å². The molecule has 0 aromatic heterocycles. The zero-order valence-electron chi connectivity index (χ0n) is 24.9. The molecule has 224 valence electrons. The SMILES string of the molecule is CCOc1cc([C@@H]2C(C(=O)Nc3ccc(OC)cc3)=C(C)NC3=C2C(=O)C[C@H](c2ccc(OC)c(OC)c2)C3)ccc1O. The van der Waals surface area contributed by atoms with Crippen molar-refractivity contribution in [3.63, 3.8) is 0 Å². The Kier molecular flexibility index (Phi) is 8.61. The van der Waals surface area contributed by atoms with Gasteiger partial charge >= 0.3 is 0 Å². The van der Waals surface area contributed by atoms with Crippen LogP contribution in [0.2, 0.25) is 0 Å². The summed E-state index contributed by atoms with van der Waals surface area (Å²) in [6.45, 7) is 4.02. The van der Waals surface area contributed by atoms with Gasteiger partial charge in [0.1, 0.15) is 5.75 Å². The summed E-state index contributed by atoms with van der Waals surface area (Å²) in [6.07, 6.45) is 0.823. The van der Waals surface area contributed by atoms with Gasteiger partial charge in [-0.2, -0.15) is 0 Å². The fourth-order valence-electron chi connectivity index (χ4n) is 5.87. The lowest BCUT2D eigenvalue weighted by molar-refractivity contribution is -0.116. The highest BCUT2D eigenvalue weighted by molar-refractivity contribution is 6.10. The van der Waals surface area contributed by atoms with Crippen LogP contribution in [0.5, 0.6) is 28.7 Å². The van der Waals surface area contributed by atoms with Gasteiger partial charge in [0.05, 0.1) is 27.9 Å². The van der Waals surface area contributed by atoms with E-state index in [0.717, 1.165) is 11.3 Å². The minimum absolute atomic E-state index is 0.0119. The second-order valence-corrected chi connectivity index (χ2v) is 10.5. The largest absolute Gasteiger partial charge is 0.504 e. The fraction of sp³-hybridized carbons (Fsp3) is 0.294. The number of ketones is 1. The summed E-state index contributed by atoms with van der Waals surface area (Å²) in [7, 11) is 4.75. The lowest BCUT2D eigenvalue weighted by atomic mass is 9.71. The van der Waals surface area contributed by atoms with Crippen LogP contribution in [0.15, 0.2) is 83.2 Å². The van der Waals surface area contributed by atoms with Crippen molar-refractivity contribution in [3.05, 3.63) is 94.3 Å². The van der Waals surface area contributed by atoms with Gasteiger partial charge in [0, 0.05) is 40.6 Å². The molecule has 3 aromatic rings. The first-order chi connectivity index (χ1) is 20.8. The van der Waals surface area contributed by atoms with Crippen molar-refractivity contribution in [2.75, 3.05) is 33.3 Å². The number of hydrogen-bond donors (Lipinski definition) is 3. The first kappa shape index (κ1) is 29.6. The number of ether oxygens (including phenoxy) is 4. The number of nitrogens with one attached hydrogen (secondary N) is 2. The number of benzene rings is 3. The highest BCUT2D eigenvalue weighted by atomic mass is 16.5. The molecule has 1 aliphatic carbocycles. The fourth-order valence-corrected chi connectivity index (χ4v) is 5.87. The molecule has 1 amide bonds. The molecule has 2 atom stereocenters. The highest BCUT2D eigenvalue weighted by Gasteiger charge is 2.41. The van der Waals surface area contributed by atoms with E-state index >= 15 is 0 Å². The van der Waals surface area contributed by atoms with Crippen molar-refractivity contribution in [1.82, 2.24) is 5.32 Å². The van der Waals surface area contributed by atoms with Gasteiger partial charge in [-0.25, -0.2) is 0 Å². The smallest absolute Gasteiger partial charge is 0.254 e. The zero-order valence-corrected chi connectivity index (χ0v) is 24.9. The number of amides is 1. The van der Waals surface area contributed by atoms with Crippen LogP contribution in [0.25, 0.3) is 0 Å². The predicted octanol–water partition coefficient (Wildman–Crippen LogP) is 5.82. The minimum Gasteiger partial charge on any atom is -0.504 e. The lowest BCUT2D eigenvalue weighted by Gasteiger charge is -2.37. The van der Waals surface area contributed by atoms with Gasteiger partial charge in [0.15, 0.2) is 28.8 Å². The van der Waals surface area contributed by atoms with Crippen LogP contribution in [-0.4, -0.2) is 44.7 Å². The number of dihydropyridines is 1. The topological polar surface area (TPSA) is 115 Å². The van der Waals surface area contributed by atoms with Crippen LogP contribution in [-0.2, 0) is 9.59 Å². The van der Waals surface area contributed by atoms with E-state index in [-0.39, 0.29) is 29.8 Å². The van der Waals surface area contributed by atoms with Crippen molar-refractivity contribution < 1.29 is 33.6 Å². The number of Topliss-reactive ketones (excluding diaryl/α,β-unsaturated/α-hetero) is 1. The third kappa shape index (κ3) is 5.88. The number of anilines is 1. The van der Waals surface area contributed by atoms with Gasteiger partial charge in [-0.15, -0.1) is 0 Å². The molecule has 0 fully saturated rings. The molecule has 0 saturated heterocycles. The maximum atomic E-state index is 14.1. The second kappa shape index (κ2) is 12.5. The number of carbonyl (C=O) groups is 2. The molecular weight excluding hydrogens is 548 g/mol. The molecule has 0 spiro atoms. The molecule has 0 bridgehead atoms. The van der Waals surface area contributed by atoms with Crippen molar-refractivity contribution >= 4 is 17.4 Å². The molecule has 3 N–H and O–H groups in total. The molecule has 0 saturated carbocycles. The van der Waals surface area contributed by atoms with Gasteiger partial charge in [-0.1, -0.05) is 12.1 Å². The lowest BCUT2D eigenvalue weighted by Crippen LogP contribution is -2.37. The van der Waals surface area contributed by atoms with E-state index in [1.165, 1.54) is 6.07 Å². The highest BCUT2D eigenvalue weighted by Crippen LogP contribution is 2.47. The Morgan fingerprint density at radius 2 is 1.60 bits per heavy atom. The normalized spacial score (nSPS) is 18.0. The summed E-state index contributed by atoms with van der Waals surface area (Å²) in [6, 6.07) is 17.7.